The van der Waals surface area contributed by atoms with Crippen molar-refractivity contribution in [3.05, 3.63) is 57.7 Å². The number of amides is 3. The van der Waals surface area contributed by atoms with E-state index in [1.54, 1.807) is 6.07 Å². The van der Waals surface area contributed by atoms with Gasteiger partial charge in [-0.05, 0) is 18.6 Å². The number of piperidine rings is 1. The summed E-state index contributed by atoms with van der Waals surface area (Å²) >= 11 is 0. The summed E-state index contributed by atoms with van der Waals surface area (Å²) in [5.41, 5.74) is 2.64. The molecule has 1 atom stereocenters. The van der Waals surface area contributed by atoms with Gasteiger partial charge < -0.3 is 4.98 Å². The molecule has 3 aliphatic rings. The molecule has 0 aromatic carbocycles. The van der Waals surface area contributed by atoms with E-state index in [4.69, 9.17) is 0 Å². The first-order valence-electron chi connectivity index (χ1n) is 9.08. The van der Waals surface area contributed by atoms with Crippen molar-refractivity contribution in [2.24, 2.45) is 4.99 Å². The summed E-state index contributed by atoms with van der Waals surface area (Å²) < 4.78 is 0. The number of pyridine rings is 1. The highest BCUT2D eigenvalue weighted by Crippen LogP contribution is 2.36. The summed E-state index contributed by atoms with van der Waals surface area (Å²) in [7, 11) is 0. The lowest BCUT2D eigenvalue weighted by Gasteiger charge is -2.42. The van der Waals surface area contributed by atoms with E-state index in [-0.39, 0.29) is 41.9 Å². The van der Waals surface area contributed by atoms with Gasteiger partial charge >= 0.3 is 0 Å². The molecule has 0 bridgehead atoms. The third kappa shape index (κ3) is 3.45. The first-order valence-corrected chi connectivity index (χ1v) is 9.08. The second-order valence-corrected chi connectivity index (χ2v) is 6.74. The molecule has 148 valence electrons. The number of aromatic amines is 1. The van der Waals surface area contributed by atoms with Gasteiger partial charge in [0.2, 0.25) is 11.8 Å². The number of aromatic nitrogens is 1. The SMILES string of the molecule is O=C1C=C(C2=CC(=O)NN(N3C(=O)CCCC3=O)C2c2ccc[nH]c2=O)N=CC1. The molecule has 1 unspecified atom stereocenters. The standard InChI is InChI=1S/C19H17N5O5/c25-11-6-8-20-14(9-11)13-10-15(26)22-24(23-16(27)4-1-5-17(23)28)18(13)12-3-2-7-21-19(12)29/h2-3,7-10,18H,1,4-6H2,(H,21,29)(H,22,26). The predicted octanol–water partition coefficient (Wildman–Crippen LogP) is 0.0708. The lowest BCUT2D eigenvalue weighted by Crippen LogP contribution is -2.62. The first kappa shape index (κ1) is 18.7. The van der Waals surface area contributed by atoms with Gasteiger partial charge in [-0.3, -0.25) is 34.4 Å². The van der Waals surface area contributed by atoms with E-state index in [1.165, 1.54) is 30.6 Å². The minimum atomic E-state index is -1.03. The monoisotopic (exact) mass is 395 g/mol. The van der Waals surface area contributed by atoms with Crippen LogP contribution in [0.5, 0.6) is 0 Å². The zero-order valence-electron chi connectivity index (χ0n) is 15.3. The Labute approximate surface area is 164 Å². The maximum atomic E-state index is 12.5. The van der Waals surface area contributed by atoms with E-state index in [0.29, 0.717) is 6.42 Å². The Morgan fingerprint density at radius 2 is 1.79 bits per heavy atom. The van der Waals surface area contributed by atoms with Gasteiger partial charge in [0.05, 0.1) is 5.70 Å². The number of carbonyl (C=O) groups excluding carboxylic acids is 4. The minimum absolute atomic E-state index is 0.131. The van der Waals surface area contributed by atoms with Crippen LogP contribution in [0, 0.1) is 0 Å². The smallest absolute Gasteiger partial charge is 0.260 e. The summed E-state index contributed by atoms with van der Waals surface area (Å²) in [6, 6.07) is 2.08. The van der Waals surface area contributed by atoms with E-state index >= 15 is 0 Å². The first-order chi connectivity index (χ1) is 14.0. The molecule has 0 saturated carbocycles. The zero-order valence-corrected chi connectivity index (χ0v) is 15.3. The summed E-state index contributed by atoms with van der Waals surface area (Å²) in [6.45, 7) is 0. The van der Waals surface area contributed by atoms with Crippen molar-refractivity contribution in [3.8, 4) is 0 Å². The van der Waals surface area contributed by atoms with Gasteiger partial charge in [0.15, 0.2) is 5.78 Å². The summed E-state index contributed by atoms with van der Waals surface area (Å²) in [6.07, 6.45) is 6.17. The molecule has 10 heteroatoms. The molecular weight excluding hydrogens is 378 g/mol. The second-order valence-electron chi connectivity index (χ2n) is 6.74. The molecule has 1 saturated heterocycles. The van der Waals surface area contributed by atoms with Gasteiger partial charge in [0.1, 0.15) is 6.04 Å². The topological polar surface area (TPSA) is 132 Å². The van der Waals surface area contributed by atoms with E-state index in [2.05, 4.69) is 15.4 Å². The number of carbonyl (C=O) groups is 4. The maximum Gasteiger partial charge on any atom is 0.260 e. The fraction of sp³-hybridized carbons (Fsp3) is 0.263. The average molecular weight is 395 g/mol. The lowest BCUT2D eigenvalue weighted by atomic mass is 9.93. The lowest BCUT2D eigenvalue weighted by molar-refractivity contribution is -0.180. The summed E-state index contributed by atoms with van der Waals surface area (Å²) in [4.78, 5) is 68.6. The fourth-order valence-corrected chi connectivity index (χ4v) is 3.51. The van der Waals surface area contributed by atoms with E-state index in [9.17, 15) is 24.0 Å². The van der Waals surface area contributed by atoms with Crippen LogP contribution in [0.4, 0.5) is 0 Å². The third-order valence-electron chi connectivity index (χ3n) is 4.78. The summed E-state index contributed by atoms with van der Waals surface area (Å²) in [5.74, 6) is -1.79. The molecule has 1 aromatic rings. The van der Waals surface area contributed by atoms with E-state index < -0.39 is 29.3 Å². The second kappa shape index (κ2) is 7.40. The van der Waals surface area contributed by atoms with Crippen molar-refractivity contribution in [1.82, 2.24) is 20.5 Å². The Hall–Kier alpha value is -3.66. The number of nitrogens with zero attached hydrogens (tertiary/aromatic N) is 3. The highest BCUT2D eigenvalue weighted by Gasteiger charge is 2.42. The number of hydrogen-bond donors (Lipinski definition) is 2. The van der Waals surface area contributed by atoms with Crippen molar-refractivity contribution >= 4 is 29.7 Å². The normalized spacial score (nSPS) is 23.0. The zero-order chi connectivity index (χ0) is 20.5. The molecule has 0 radical (unpaired) electrons. The van der Waals surface area contributed by atoms with Crippen LogP contribution in [0.1, 0.15) is 37.3 Å². The number of hydrazine groups is 2. The number of H-pyrrole nitrogens is 1. The number of ketones is 1. The molecule has 1 aromatic heterocycles. The van der Waals surface area contributed by atoms with Crippen LogP contribution in [0.15, 0.2) is 51.5 Å². The number of imide groups is 1. The molecule has 29 heavy (non-hydrogen) atoms. The number of aliphatic imine (C=N–C) groups is 1. The largest absolute Gasteiger partial charge is 0.329 e. The molecule has 3 aliphatic heterocycles. The highest BCUT2D eigenvalue weighted by molar-refractivity contribution is 6.03. The maximum absolute atomic E-state index is 12.5. The minimum Gasteiger partial charge on any atom is -0.329 e. The number of allylic oxidation sites excluding steroid dienone is 1. The quantitative estimate of drug-likeness (QED) is 0.696. The van der Waals surface area contributed by atoms with Crippen LogP contribution in [0.2, 0.25) is 0 Å². The molecule has 2 N–H and O–H groups in total. The molecule has 10 nitrogen and oxygen atoms in total. The van der Waals surface area contributed by atoms with Crippen LogP contribution < -0.4 is 11.0 Å². The third-order valence-corrected chi connectivity index (χ3v) is 4.78. The predicted molar refractivity (Wildman–Crippen MR) is 99.8 cm³/mol. The van der Waals surface area contributed by atoms with Crippen molar-refractivity contribution in [3.63, 3.8) is 0 Å². The van der Waals surface area contributed by atoms with Crippen LogP contribution >= 0.6 is 0 Å². The van der Waals surface area contributed by atoms with Gasteiger partial charge in [-0.15, -0.1) is 5.12 Å². The molecule has 4 heterocycles. The molecule has 0 aliphatic carbocycles. The van der Waals surface area contributed by atoms with Gasteiger partial charge in [-0.1, -0.05) is 0 Å². The number of hydrogen-bond acceptors (Lipinski definition) is 7. The Balaban J connectivity index is 1.89. The Morgan fingerprint density at radius 3 is 2.48 bits per heavy atom. The molecule has 4 rings (SSSR count). The van der Waals surface area contributed by atoms with Gasteiger partial charge in [0.25, 0.3) is 11.5 Å². The molecule has 0 spiro atoms. The molecular formula is C19H17N5O5. The Kier molecular flexibility index (Phi) is 4.77. The van der Waals surface area contributed by atoms with Crippen LogP contribution in [0.25, 0.3) is 0 Å². The molecule has 3 amide bonds. The van der Waals surface area contributed by atoms with Crippen LogP contribution in [-0.2, 0) is 19.2 Å². The van der Waals surface area contributed by atoms with Crippen molar-refractivity contribution in [2.75, 3.05) is 0 Å². The van der Waals surface area contributed by atoms with Gasteiger partial charge in [-0.2, -0.15) is 5.01 Å². The number of rotatable bonds is 3. The van der Waals surface area contributed by atoms with E-state index in [1.807, 2.05) is 0 Å². The number of nitrogens with one attached hydrogen (secondary N) is 2. The van der Waals surface area contributed by atoms with Gasteiger partial charge in [0, 0.05) is 55.0 Å². The van der Waals surface area contributed by atoms with Crippen molar-refractivity contribution < 1.29 is 19.2 Å². The van der Waals surface area contributed by atoms with Gasteiger partial charge in [-0.25, -0.2) is 0 Å². The van der Waals surface area contributed by atoms with Crippen molar-refractivity contribution in [1.29, 1.82) is 0 Å². The van der Waals surface area contributed by atoms with Crippen LogP contribution in [-0.4, -0.2) is 44.8 Å². The summed E-state index contributed by atoms with van der Waals surface area (Å²) in [5, 5.41) is 1.93. The van der Waals surface area contributed by atoms with E-state index in [0.717, 1.165) is 10.1 Å². The highest BCUT2D eigenvalue weighted by atomic mass is 16.2. The Morgan fingerprint density at radius 1 is 1.03 bits per heavy atom. The van der Waals surface area contributed by atoms with Crippen LogP contribution in [0.3, 0.4) is 0 Å². The fourth-order valence-electron chi connectivity index (χ4n) is 3.51. The molecule has 1 fully saturated rings. The van der Waals surface area contributed by atoms with Crippen molar-refractivity contribution in [2.45, 2.75) is 31.7 Å². The average Bonchev–Trinajstić information content (AvgIpc) is 2.68. The Bertz CT molecular complexity index is 1050.